The number of likely N-dealkylation sites (tertiary alicyclic amines) is 1. The molecule has 0 unspecified atom stereocenters. The molecule has 0 bridgehead atoms. The fraction of sp³-hybridized carbons (Fsp3) is 0.550. The van der Waals surface area contributed by atoms with Gasteiger partial charge in [0.25, 0.3) is 6.43 Å². The number of rotatable bonds is 5. The smallest absolute Gasteiger partial charge is 0.258 e. The molecule has 8 nitrogen and oxygen atoms in total. The molecule has 0 atom stereocenters. The summed E-state index contributed by atoms with van der Waals surface area (Å²) in [5.41, 5.74) is 0.862. The summed E-state index contributed by atoms with van der Waals surface area (Å²) in [6.45, 7) is 4.36. The standard InChI is InChI=1S/C20H23F2N7OS/c1-13-7-24-17(31-13)11-28-12-20(6-18(28)30)2-4-27(5-3-20)16-9-23-14-8-25-29(10-15(21)22)19(14)26-16/h7-9,15H,2-6,10-12H2,1H3. The van der Waals surface area contributed by atoms with Crippen molar-refractivity contribution in [2.24, 2.45) is 5.41 Å². The van der Waals surface area contributed by atoms with Gasteiger partial charge in [-0.15, -0.1) is 11.3 Å². The zero-order valence-corrected chi connectivity index (χ0v) is 18.0. The molecule has 2 saturated heterocycles. The summed E-state index contributed by atoms with van der Waals surface area (Å²) in [5.74, 6) is 0.858. The third kappa shape index (κ3) is 3.98. The molecule has 0 radical (unpaired) electrons. The summed E-state index contributed by atoms with van der Waals surface area (Å²) in [4.78, 5) is 31.2. The highest BCUT2D eigenvalue weighted by atomic mass is 32.1. The molecule has 11 heteroatoms. The molecule has 0 saturated carbocycles. The average Bonchev–Trinajstić information content (AvgIpc) is 3.41. The number of fused-ring (bicyclic) bond motifs is 1. The van der Waals surface area contributed by atoms with E-state index in [0.717, 1.165) is 42.4 Å². The van der Waals surface area contributed by atoms with Gasteiger partial charge in [0.1, 0.15) is 22.9 Å². The van der Waals surface area contributed by atoms with E-state index in [4.69, 9.17) is 0 Å². The van der Waals surface area contributed by atoms with Crippen molar-refractivity contribution in [2.75, 3.05) is 24.5 Å². The number of alkyl halides is 2. The second-order valence-electron chi connectivity index (χ2n) is 8.43. The first kappa shape index (κ1) is 20.2. The number of thiazole rings is 1. The van der Waals surface area contributed by atoms with E-state index in [0.29, 0.717) is 29.9 Å². The summed E-state index contributed by atoms with van der Waals surface area (Å²) in [5, 5.41) is 4.95. The summed E-state index contributed by atoms with van der Waals surface area (Å²) < 4.78 is 26.8. The minimum atomic E-state index is -2.50. The minimum absolute atomic E-state index is 0.0190. The van der Waals surface area contributed by atoms with Crippen LogP contribution in [0.5, 0.6) is 0 Å². The highest BCUT2D eigenvalue weighted by Gasteiger charge is 2.45. The van der Waals surface area contributed by atoms with E-state index in [1.165, 1.54) is 10.9 Å². The van der Waals surface area contributed by atoms with Crippen LogP contribution in [0, 0.1) is 12.3 Å². The van der Waals surface area contributed by atoms with Crippen LogP contribution >= 0.6 is 11.3 Å². The number of hydrogen-bond donors (Lipinski definition) is 0. The molecule has 5 rings (SSSR count). The molecule has 2 aliphatic rings. The molecule has 2 fully saturated rings. The third-order valence-corrected chi connectivity index (χ3v) is 7.09. The maximum absolute atomic E-state index is 12.8. The number of anilines is 1. The fourth-order valence-electron chi connectivity index (χ4n) is 4.56. The Labute approximate surface area is 181 Å². The van der Waals surface area contributed by atoms with Crippen LogP contribution in [0.1, 0.15) is 29.1 Å². The van der Waals surface area contributed by atoms with Gasteiger partial charge in [0, 0.05) is 42.5 Å². The predicted octanol–water partition coefficient (Wildman–Crippen LogP) is 2.88. The van der Waals surface area contributed by atoms with Gasteiger partial charge < -0.3 is 9.80 Å². The van der Waals surface area contributed by atoms with Crippen molar-refractivity contribution in [2.45, 2.75) is 45.7 Å². The molecule has 0 aliphatic carbocycles. The van der Waals surface area contributed by atoms with E-state index in [2.05, 4.69) is 25.0 Å². The molecule has 3 aromatic rings. The normalized spacial score (nSPS) is 18.8. The molecule has 31 heavy (non-hydrogen) atoms. The topological polar surface area (TPSA) is 80.0 Å². The van der Waals surface area contributed by atoms with Crippen LogP contribution < -0.4 is 4.90 Å². The van der Waals surface area contributed by atoms with E-state index in [1.807, 2.05) is 18.0 Å². The Balaban J connectivity index is 1.26. The quantitative estimate of drug-likeness (QED) is 0.598. The molecule has 1 amide bonds. The van der Waals surface area contributed by atoms with E-state index < -0.39 is 13.0 Å². The Morgan fingerprint density at radius 3 is 2.71 bits per heavy atom. The van der Waals surface area contributed by atoms with Crippen molar-refractivity contribution < 1.29 is 13.6 Å². The first-order valence-corrected chi connectivity index (χ1v) is 11.1. The number of amides is 1. The van der Waals surface area contributed by atoms with Gasteiger partial charge in [-0.05, 0) is 19.8 Å². The Morgan fingerprint density at radius 1 is 1.19 bits per heavy atom. The molecular formula is C20H23F2N7OS. The van der Waals surface area contributed by atoms with Gasteiger partial charge in [0.2, 0.25) is 5.91 Å². The lowest BCUT2D eigenvalue weighted by atomic mass is 9.77. The number of halogens is 2. The van der Waals surface area contributed by atoms with E-state index in [1.54, 1.807) is 17.5 Å². The Kier molecular flexibility index (Phi) is 5.07. The first-order valence-electron chi connectivity index (χ1n) is 10.3. The average molecular weight is 448 g/mol. The number of hydrogen-bond acceptors (Lipinski definition) is 7. The number of aromatic nitrogens is 5. The zero-order valence-electron chi connectivity index (χ0n) is 17.2. The Hall–Kier alpha value is -2.69. The van der Waals surface area contributed by atoms with Gasteiger partial charge in [-0.2, -0.15) is 5.10 Å². The molecule has 164 valence electrons. The summed E-state index contributed by atoms with van der Waals surface area (Å²) in [7, 11) is 0. The highest BCUT2D eigenvalue weighted by molar-refractivity contribution is 7.11. The van der Waals surface area contributed by atoms with Gasteiger partial charge in [0.15, 0.2) is 5.65 Å². The predicted molar refractivity (Wildman–Crippen MR) is 112 cm³/mol. The van der Waals surface area contributed by atoms with E-state index in [-0.39, 0.29) is 11.3 Å². The number of aryl methyl sites for hydroxylation is 1. The van der Waals surface area contributed by atoms with Gasteiger partial charge >= 0.3 is 0 Å². The summed E-state index contributed by atoms with van der Waals surface area (Å²) in [6, 6.07) is 0. The van der Waals surface area contributed by atoms with Crippen molar-refractivity contribution in [1.29, 1.82) is 0 Å². The Bertz CT molecular complexity index is 1110. The van der Waals surface area contributed by atoms with Gasteiger partial charge in [-0.25, -0.2) is 28.4 Å². The van der Waals surface area contributed by atoms with Crippen LogP contribution in [0.4, 0.5) is 14.6 Å². The molecule has 3 aromatic heterocycles. The first-order chi connectivity index (χ1) is 14.9. The van der Waals surface area contributed by atoms with E-state index >= 15 is 0 Å². The SMILES string of the molecule is Cc1cnc(CN2CC3(CCN(c4cnc5cnn(CC(F)F)c5n4)CC3)CC2=O)s1. The number of nitrogens with zero attached hydrogens (tertiary/aromatic N) is 7. The van der Waals surface area contributed by atoms with Crippen molar-refractivity contribution in [1.82, 2.24) is 29.6 Å². The lowest BCUT2D eigenvalue weighted by molar-refractivity contribution is -0.128. The fourth-order valence-corrected chi connectivity index (χ4v) is 5.37. The summed E-state index contributed by atoms with van der Waals surface area (Å²) >= 11 is 1.63. The lowest BCUT2D eigenvalue weighted by Gasteiger charge is -2.39. The lowest BCUT2D eigenvalue weighted by Crippen LogP contribution is -2.42. The number of carbonyl (C=O) groups excluding carboxylic acids is 1. The van der Waals surface area contributed by atoms with Crippen molar-refractivity contribution in [3.8, 4) is 0 Å². The van der Waals surface area contributed by atoms with Crippen LogP contribution in [-0.2, 0) is 17.9 Å². The van der Waals surface area contributed by atoms with Gasteiger partial charge in [0.05, 0.1) is 18.9 Å². The monoisotopic (exact) mass is 447 g/mol. The second-order valence-corrected chi connectivity index (χ2v) is 9.75. The Morgan fingerprint density at radius 2 is 2.00 bits per heavy atom. The van der Waals surface area contributed by atoms with Crippen molar-refractivity contribution >= 4 is 34.2 Å². The molecule has 2 aliphatic heterocycles. The largest absolute Gasteiger partial charge is 0.355 e. The second kappa shape index (κ2) is 7.77. The molecular weight excluding hydrogens is 424 g/mol. The summed E-state index contributed by atoms with van der Waals surface area (Å²) in [6.07, 6.45) is 4.80. The van der Waals surface area contributed by atoms with Crippen LogP contribution in [0.15, 0.2) is 18.6 Å². The van der Waals surface area contributed by atoms with Crippen LogP contribution in [0.2, 0.25) is 0 Å². The maximum Gasteiger partial charge on any atom is 0.258 e. The number of carbonyl (C=O) groups is 1. The van der Waals surface area contributed by atoms with Gasteiger partial charge in [-0.1, -0.05) is 0 Å². The van der Waals surface area contributed by atoms with Crippen molar-refractivity contribution in [3.63, 3.8) is 0 Å². The molecule has 5 heterocycles. The van der Waals surface area contributed by atoms with Gasteiger partial charge in [-0.3, -0.25) is 4.79 Å². The number of piperidine rings is 1. The van der Waals surface area contributed by atoms with E-state index in [9.17, 15) is 13.6 Å². The molecule has 1 spiro atoms. The highest BCUT2D eigenvalue weighted by Crippen LogP contribution is 2.42. The zero-order chi connectivity index (χ0) is 21.6. The molecule has 0 aromatic carbocycles. The van der Waals surface area contributed by atoms with Crippen LogP contribution in [0.3, 0.4) is 0 Å². The minimum Gasteiger partial charge on any atom is -0.355 e. The third-order valence-electron chi connectivity index (χ3n) is 6.19. The van der Waals surface area contributed by atoms with Crippen molar-refractivity contribution in [3.05, 3.63) is 28.5 Å². The van der Waals surface area contributed by atoms with Crippen LogP contribution in [-0.4, -0.2) is 61.6 Å². The molecule has 0 N–H and O–H groups in total. The van der Waals surface area contributed by atoms with Crippen LogP contribution in [0.25, 0.3) is 11.2 Å². The maximum atomic E-state index is 12.8.